The Morgan fingerprint density at radius 3 is 2.85 bits per heavy atom. The monoisotopic (exact) mass is 468 g/mol. The van der Waals surface area contributed by atoms with Crippen LogP contribution in [0.25, 0.3) is 0 Å². The van der Waals surface area contributed by atoms with E-state index in [0.717, 1.165) is 14.9 Å². The van der Waals surface area contributed by atoms with E-state index in [4.69, 9.17) is 16.3 Å². The zero-order valence-corrected chi connectivity index (χ0v) is 18.0. The Labute approximate surface area is 175 Å². The molecule has 2 aromatic carbocycles. The SMILES string of the molecule is COc1ccc(Br)cc1CN(C)C(=O)C[C@@H]1Sc2ccc(Cl)cc2NC1=O. The van der Waals surface area contributed by atoms with Gasteiger partial charge in [-0.25, -0.2) is 0 Å². The number of carbonyl (C=O) groups excluding carboxylic acids is 2. The van der Waals surface area contributed by atoms with Gasteiger partial charge in [0, 0.05) is 40.0 Å². The van der Waals surface area contributed by atoms with Crippen LogP contribution in [-0.4, -0.2) is 36.1 Å². The fourth-order valence-electron chi connectivity index (χ4n) is 2.79. The van der Waals surface area contributed by atoms with Crippen molar-refractivity contribution >= 4 is 56.8 Å². The van der Waals surface area contributed by atoms with E-state index >= 15 is 0 Å². The molecule has 5 nitrogen and oxygen atoms in total. The summed E-state index contributed by atoms with van der Waals surface area (Å²) in [5.41, 5.74) is 1.58. The second-order valence-electron chi connectivity index (χ2n) is 6.15. The van der Waals surface area contributed by atoms with Crippen LogP contribution >= 0.6 is 39.3 Å². The molecule has 142 valence electrons. The molecule has 1 N–H and O–H groups in total. The van der Waals surface area contributed by atoms with E-state index in [1.807, 2.05) is 24.3 Å². The van der Waals surface area contributed by atoms with Crippen LogP contribution in [0.3, 0.4) is 0 Å². The van der Waals surface area contributed by atoms with Crippen molar-refractivity contribution in [2.24, 2.45) is 0 Å². The molecule has 0 spiro atoms. The lowest BCUT2D eigenvalue weighted by Crippen LogP contribution is -2.35. The van der Waals surface area contributed by atoms with Crippen molar-refractivity contribution in [1.29, 1.82) is 0 Å². The first-order valence-electron chi connectivity index (χ1n) is 8.21. The van der Waals surface area contributed by atoms with Gasteiger partial charge < -0.3 is 15.0 Å². The fraction of sp³-hybridized carbons (Fsp3) is 0.263. The van der Waals surface area contributed by atoms with Crippen molar-refractivity contribution in [2.75, 3.05) is 19.5 Å². The van der Waals surface area contributed by atoms with Gasteiger partial charge in [0.15, 0.2) is 0 Å². The van der Waals surface area contributed by atoms with Crippen LogP contribution in [0.15, 0.2) is 45.8 Å². The summed E-state index contributed by atoms with van der Waals surface area (Å²) in [6.45, 7) is 0.395. The molecule has 0 radical (unpaired) electrons. The van der Waals surface area contributed by atoms with E-state index in [2.05, 4.69) is 21.2 Å². The van der Waals surface area contributed by atoms with Crippen molar-refractivity contribution in [1.82, 2.24) is 4.90 Å². The third kappa shape index (κ3) is 4.78. The van der Waals surface area contributed by atoms with Crippen LogP contribution in [0.5, 0.6) is 5.75 Å². The number of methoxy groups -OCH3 is 1. The van der Waals surface area contributed by atoms with E-state index in [0.29, 0.717) is 23.0 Å². The zero-order valence-electron chi connectivity index (χ0n) is 14.8. The van der Waals surface area contributed by atoms with Crippen LogP contribution in [0.2, 0.25) is 5.02 Å². The molecule has 1 heterocycles. The highest BCUT2D eigenvalue weighted by molar-refractivity contribution is 9.10. The first-order valence-corrected chi connectivity index (χ1v) is 10.3. The number of fused-ring (bicyclic) bond motifs is 1. The highest BCUT2D eigenvalue weighted by atomic mass is 79.9. The number of hydrogen-bond donors (Lipinski definition) is 1. The van der Waals surface area contributed by atoms with Gasteiger partial charge in [-0.15, -0.1) is 11.8 Å². The van der Waals surface area contributed by atoms with E-state index in [-0.39, 0.29) is 18.2 Å². The summed E-state index contributed by atoms with van der Waals surface area (Å²) in [4.78, 5) is 27.5. The van der Waals surface area contributed by atoms with Crippen LogP contribution in [0.4, 0.5) is 5.69 Å². The predicted octanol–water partition coefficient (Wildman–Crippen LogP) is 4.57. The Kier molecular flexibility index (Phi) is 6.34. The van der Waals surface area contributed by atoms with Crippen molar-refractivity contribution in [3.05, 3.63) is 51.5 Å². The van der Waals surface area contributed by atoms with Crippen LogP contribution < -0.4 is 10.1 Å². The predicted molar refractivity (Wildman–Crippen MR) is 112 cm³/mol. The molecular formula is C19H18BrClN2O3S. The smallest absolute Gasteiger partial charge is 0.238 e. The maximum absolute atomic E-state index is 12.7. The number of anilines is 1. The number of carbonyl (C=O) groups is 2. The van der Waals surface area contributed by atoms with E-state index < -0.39 is 5.25 Å². The van der Waals surface area contributed by atoms with Crippen molar-refractivity contribution in [2.45, 2.75) is 23.1 Å². The Hall–Kier alpha value is -1.70. The number of halogens is 2. The Morgan fingerprint density at radius 2 is 2.11 bits per heavy atom. The van der Waals surface area contributed by atoms with Gasteiger partial charge in [0.1, 0.15) is 5.75 Å². The molecule has 0 aromatic heterocycles. The maximum Gasteiger partial charge on any atom is 0.238 e. The Balaban J connectivity index is 1.67. The summed E-state index contributed by atoms with van der Waals surface area (Å²) >= 11 is 10.8. The Bertz CT molecular complexity index is 893. The number of ether oxygens (including phenoxy) is 1. The Morgan fingerprint density at radius 1 is 1.33 bits per heavy atom. The average molecular weight is 470 g/mol. The minimum absolute atomic E-state index is 0.109. The topological polar surface area (TPSA) is 58.6 Å². The summed E-state index contributed by atoms with van der Waals surface area (Å²) in [5.74, 6) is 0.423. The molecule has 27 heavy (non-hydrogen) atoms. The number of hydrogen-bond acceptors (Lipinski definition) is 4. The van der Waals surface area contributed by atoms with Gasteiger partial charge in [0.05, 0.1) is 18.0 Å². The lowest BCUT2D eigenvalue weighted by molar-refractivity contribution is -0.131. The third-order valence-corrected chi connectivity index (χ3v) is 6.20. The molecule has 1 aliphatic heterocycles. The number of nitrogens with one attached hydrogen (secondary N) is 1. The van der Waals surface area contributed by atoms with Gasteiger partial charge in [-0.2, -0.15) is 0 Å². The average Bonchev–Trinajstić information content (AvgIpc) is 2.62. The summed E-state index contributed by atoms with van der Waals surface area (Å²) in [5, 5.41) is 2.92. The quantitative estimate of drug-likeness (QED) is 0.697. The molecule has 1 atom stereocenters. The van der Waals surface area contributed by atoms with E-state index in [1.165, 1.54) is 11.8 Å². The largest absolute Gasteiger partial charge is 0.496 e. The van der Waals surface area contributed by atoms with Gasteiger partial charge in [-0.3, -0.25) is 9.59 Å². The maximum atomic E-state index is 12.7. The number of amides is 2. The number of thioether (sulfide) groups is 1. The minimum Gasteiger partial charge on any atom is -0.496 e. The van der Waals surface area contributed by atoms with Gasteiger partial charge >= 0.3 is 0 Å². The van der Waals surface area contributed by atoms with Gasteiger partial charge in [-0.1, -0.05) is 27.5 Å². The number of nitrogens with zero attached hydrogens (tertiary/aromatic N) is 1. The van der Waals surface area contributed by atoms with Crippen molar-refractivity contribution < 1.29 is 14.3 Å². The first kappa shape index (κ1) is 20.0. The summed E-state index contributed by atoms with van der Waals surface area (Å²) in [7, 11) is 3.32. The fourth-order valence-corrected chi connectivity index (χ4v) is 4.45. The summed E-state index contributed by atoms with van der Waals surface area (Å²) < 4.78 is 6.27. The lowest BCUT2D eigenvalue weighted by Gasteiger charge is -2.26. The molecule has 0 fully saturated rings. The normalized spacial score (nSPS) is 15.7. The summed E-state index contributed by atoms with van der Waals surface area (Å²) in [6.07, 6.45) is 0.116. The van der Waals surface area contributed by atoms with E-state index in [9.17, 15) is 9.59 Å². The van der Waals surface area contributed by atoms with Gasteiger partial charge in [0.25, 0.3) is 0 Å². The number of benzene rings is 2. The molecule has 2 amide bonds. The molecule has 0 bridgehead atoms. The molecule has 0 saturated heterocycles. The zero-order chi connectivity index (χ0) is 19.6. The lowest BCUT2D eigenvalue weighted by atomic mass is 10.1. The number of rotatable bonds is 5. The molecule has 3 rings (SSSR count). The van der Waals surface area contributed by atoms with Crippen LogP contribution in [0.1, 0.15) is 12.0 Å². The molecule has 0 unspecified atom stereocenters. The second kappa shape index (κ2) is 8.54. The highest BCUT2D eigenvalue weighted by Gasteiger charge is 2.30. The molecule has 1 aliphatic rings. The van der Waals surface area contributed by atoms with Crippen molar-refractivity contribution in [3.63, 3.8) is 0 Å². The molecular weight excluding hydrogens is 452 g/mol. The first-order chi connectivity index (χ1) is 12.9. The van der Waals surface area contributed by atoms with Gasteiger partial charge in [-0.05, 0) is 36.4 Å². The third-order valence-electron chi connectivity index (χ3n) is 4.20. The molecule has 0 saturated carbocycles. The molecule has 2 aromatic rings. The molecule has 0 aliphatic carbocycles. The standard InChI is InChI=1S/C19H18BrClN2O3S/c1-23(10-11-7-12(20)3-5-15(11)26-2)18(24)9-17-19(25)22-14-8-13(21)4-6-16(14)27-17/h3-8,17H,9-10H2,1-2H3,(H,22,25)/t17-/m0/s1. The van der Waals surface area contributed by atoms with Crippen LogP contribution in [0, 0.1) is 0 Å². The minimum atomic E-state index is -0.474. The van der Waals surface area contributed by atoms with Crippen LogP contribution in [-0.2, 0) is 16.1 Å². The second-order valence-corrected chi connectivity index (χ2v) is 8.74. The summed E-state index contributed by atoms with van der Waals surface area (Å²) in [6, 6.07) is 11.0. The van der Waals surface area contributed by atoms with Crippen molar-refractivity contribution in [3.8, 4) is 5.75 Å². The molecule has 8 heteroatoms. The van der Waals surface area contributed by atoms with E-state index in [1.54, 1.807) is 31.2 Å². The van der Waals surface area contributed by atoms with Gasteiger partial charge in [0.2, 0.25) is 11.8 Å². The highest BCUT2D eigenvalue weighted by Crippen LogP contribution is 2.38.